The highest BCUT2D eigenvalue weighted by atomic mass is 79.9. The normalized spacial score (nSPS) is 9.90. The fraction of sp³-hybridized carbons (Fsp3) is 0.167. The Hall–Kier alpha value is -0.280. The first-order chi connectivity index (χ1) is 4.63. The molecule has 0 bridgehead atoms. The molecule has 0 aliphatic carbocycles. The quantitative estimate of drug-likeness (QED) is 0.684. The number of halogens is 2. The predicted molar refractivity (Wildman–Crippen MR) is 43.3 cm³/mol. The maximum atomic E-state index is 9.15. The van der Waals surface area contributed by atoms with Gasteiger partial charge in [-0.1, -0.05) is 11.6 Å². The summed E-state index contributed by atoms with van der Waals surface area (Å²) in [6.45, 7) is 1.83. The number of rotatable bonds is 0. The van der Waals surface area contributed by atoms with Crippen LogP contribution in [0.15, 0.2) is 10.7 Å². The van der Waals surface area contributed by atoms with E-state index in [0.717, 1.165) is 5.56 Å². The smallest absolute Gasteiger partial charge is 0.172 e. The Bertz CT molecular complexity index is 237. The molecule has 10 heavy (non-hydrogen) atoms. The molecule has 0 unspecified atom stereocenters. The molecule has 0 amide bonds. The van der Waals surface area contributed by atoms with Crippen LogP contribution in [-0.4, -0.2) is 10.1 Å². The second kappa shape index (κ2) is 2.76. The minimum Gasteiger partial charge on any atom is -0.504 e. The third-order valence-corrected chi connectivity index (χ3v) is 2.40. The van der Waals surface area contributed by atoms with Crippen molar-refractivity contribution < 1.29 is 5.11 Å². The van der Waals surface area contributed by atoms with E-state index in [1.807, 2.05) is 6.92 Å². The van der Waals surface area contributed by atoms with Gasteiger partial charge in [-0.25, -0.2) is 4.98 Å². The SMILES string of the molecule is Cc1cnc(Cl)c(O)c1Br. The molecular formula is C6H5BrClNO. The lowest BCUT2D eigenvalue weighted by molar-refractivity contribution is 0.469. The highest BCUT2D eigenvalue weighted by molar-refractivity contribution is 9.10. The van der Waals surface area contributed by atoms with E-state index in [1.54, 1.807) is 6.20 Å². The van der Waals surface area contributed by atoms with E-state index in [4.69, 9.17) is 16.7 Å². The third-order valence-electron chi connectivity index (χ3n) is 1.12. The van der Waals surface area contributed by atoms with Gasteiger partial charge in [0.1, 0.15) is 0 Å². The molecule has 1 rings (SSSR count). The Morgan fingerprint density at radius 3 is 2.80 bits per heavy atom. The number of nitrogens with zero attached hydrogens (tertiary/aromatic N) is 1. The number of pyridine rings is 1. The lowest BCUT2D eigenvalue weighted by Crippen LogP contribution is -1.81. The number of hydrogen-bond acceptors (Lipinski definition) is 2. The van der Waals surface area contributed by atoms with Gasteiger partial charge in [0.25, 0.3) is 0 Å². The Morgan fingerprint density at radius 1 is 1.70 bits per heavy atom. The standard InChI is InChI=1S/C6H5BrClNO/c1-3-2-9-6(8)5(10)4(3)7/h2,10H,1H3. The van der Waals surface area contributed by atoms with Crippen molar-refractivity contribution in [3.63, 3.8) is 0 Å². The molecule has 1 aromatic heterocycles. The molecule has 0 atom stereocenters. The maximum Gasteiger partial charge on any atom is 0.172 e. The summed E-state index contributed by atoms with van der Waals surface area (Å²) < 4.78 is 0.604. The van der Waals surface area contributed by atoms with Gasteiger partial charge in [-0.2, -0.15) is 0 Å². The van der Waals surface area contributed by atoms with Crippen LogP contribution >= 0.6 is 27.5 Å². The number of aryl methyl sites for hydroxylation is 1. The summed E-state index contributed by atoms with van der Waals surface area (Å²) in [6.07, 6.45) is 1.59. The largest absolute Gasteiger partial charge is 0.504 e. The molecule has 54 valence electrons. The molecule has 1 aromatic rings. The van der Waals surface area contributed by atoms with Gasteiger partial charge in [-0.3, -0.25) is 0 Å². The van der Waals surface area contributed by atoms with Crippen molar-refractivity contribution >= 4 is 27.5 Å². The van der Waals surface area contributed by atoms with Crippen molar-refractivity contribution in [2.75, 3.05) is 0 Å². The van der Waals surface area contributed by atoms with Gasteiger partial charge in [-0.15, -0.1) is 0 Å². The second-order valence-electron chi connectivity index (χ2n) is 1.89. The molecule has 0 fully saturated rings. The van der Waals surface area contributed by atoms with E-state index in [0.29, 0.717) is 4.47 Å². The Labute approximate surface area is 72.0 Å². The molecule has 2 nitrogen and oxygen atoms in total. The molecular weight excluding hydrogens is 217 g/mol. The van der Waals surface area contributed by atoms with Gasteiger partial charge in [0, 0.05) is 6.20 Å². The topological polar surface area (TPSA) is 33.1 Å². The van der Waals surface area contributed by atoms with Crippen molar-refractivity contribution in [3.8, 4) is 5.75 Å². The van der Waals surface area contributed by atoms with Gasteiger partial charge in [0.05, 0.1) is 4.47 Å². The average molecular weight is 222 g/mol. The first kappa shape index (κ1) is 7.82. The molecule has 1 heterocycles. The first-order valence-corrected chi connectivity index (χ1v) is 3.79. The maximum absolute atomic E-state index is 9.15. The Morgan fingerprint density at radius 2 is 2.30 bits per heavy atom. The summed E-state index contributed by atoms with van der Waals surface area (Å²) in [5, 5.41) is 9.27. The van der Waals surface area contributed by atoms with E-state index in [2.05, 4.69) is 20.9 Å². The summed E-state index contributed by atoms with van der Waals surface area (Å²) in [5.41, 5.74) is 0.863. The van der Waals surface area contributed by atoms with E-state index >= 15 is 0 Å². The van der Waals surface area contributed by atoms with Crippen LogP contribution in [0.2, 0.25) is 5.15 Å². The molecule has 1 N–H and O–H groups in total. The summed E-state index contributed by atoms with van der Waals surface area (Å²) in [4.78, 5) is 3.72. The van der Waals surface area contributed by atoms with Crippen molar-refractivity contribution in [3.05, 3.63) is 21.4 Å². The Balaban J connectivity index is 3.34. The fourth-order valence-corrected chi connectivity index (χ4v) is 1.10. The van der Waals surface area contributed by atoms with Crippen LogP contribution in [0.3, 0.4) is 0 Å². The Kier molecular flexibility index (Phi) is 2.16. The first-order valence-electron chi connectivity index (χ1n) is 2.62. The van der Waals surface area contributed by atoms with Crippen molar-refractivity contribution in [1.82, 2.24) is 4.98 Å². The highest BCUT2D eigenvalue weighted by Gasteiger charge is 2.05. The number of aromatic hydroxyl groups is 1. The van der Waals surface area contributed by atoms with Crippen LogP contribution in [0.1, 0.15) is 5.56 Å². The van der Waals surface area contributed by atoms with Gasteiger partial charge in [0.15, 0.2) is 10.9 Å². The zero-order chi connectivity index (χ0) is 7.72. The molecule has 0 aliphatic heterocycles. The van der Waals surface area contributed by atoms with Gasteiger partial charge in [-0.05, 0) is 28.4 Å². The predicted octanol–water partition coefficient (Wildman–Crippen LogP) is 2.51. The summed E-state index contributed by atoms with van der Waals surface area (Å²) in [6, 6.07) is 0. The zero-order valence-corrected chi connectivity index (χ0v) is 7.57. The molecule has 0 aromatic carbocycles. The lowest BCUT2D eigenvalue weighted by Gasteiger charge is -2.00. The zero-order valence-electron chi connectivity index (χ0n) is 5.23. The van der Waals surface area contributed by atoms with Crippen LogP contribution in [0, 0.1) is 6.92 Å². The van der Waals surface area contributed by atoms with Crippen molar-refractivity contribution in [1.29, 1.82) is 0 Å². The van der Waals surface area contributed by atoms with E-state index < -0.39 is 0 Å². The minimum atomic E-state index is 0.00154. The lowest BCUT2D eigenvalue weighted by atomic mass is 10.3. The molecule has 0 radical (unpaired) electrons. The second-order valence-corrected chi connectivity index (χ2v) is 3.05. The molecule has 0 aliphatic rings. The molecule has 0 spiro atoms. The van der Waals surface area contributed by atoms with E-state index in [1.165, 1.54) is 0 Å². The van der Waals surface area contributed by atoms with E-state index in [-0.39, 0.29) is 10.9 Å². The van der Waals surface area contributed by atoms with Crippen LogP contribution in [0.5, 0.6) is 5.75 Å². The molecule has 4 heteroatoms. The van der Waals surface area contributed by atoms with Crippen LogP contribution in [0.4, 0.5) is 0 Å². The minimum absolute atomic E-state index is 0.00154. The summed E-state index contributed by atoms with van der Waals surface area (Å²) in [7, 11) is 0. The number of hydrogen-bond donors (Lipinski definition) is 1. The summed E-state index contributed by atoms with van der Waals surface area (Å²) >= 11 is 8.65. The average Bonchev–Trinajstić information content (AvgIpc) is 1.93. The number of aromatic nitrogens is 1. The van der Waals surface area contributed by atoms with Crippen molar-refractivity contribution in [2.24, 2.45) is 0 Å². The van der Waals surface area contributed by atoms with Gasteiger partial charge < -0.3 is 5.11 Å². The summed E-state index contributed by atoms with van der Waals surface area (Å²) in [5.74, 6) is 0.00154. The highest BCUT2D eigenvalue weighted by Crippen LogP contribution is 2.31. The van der Waals surface area contributed by atoms with Crippen LogP contribution in [0.25, 0.3) is 0 Å². The van der Waals surface area contributed by atoms with Crippen molar-refractivity contribution in [2.45, 2.75) is 6.92 Å². The monoisotopic (exact) mass is 221 g/mol. The fourth-order valence-electron chi connectivity index (χ4n) is 0.549. The van der Waals surface area contributed by atoms with E-state index in [9.17, 15) is 0 Å². The van der Waals surface area contributed by atoms with Gasteiger partial charge in [0.2, 0.25) is 0 Å². The van der Waals surface area contributed by atoms with Crippen LogP contribution in [-0.2, 0) is 0 Å². The third kappa shape index (κ3) is 1.25. The molecule has 0 saturated heterocycles. The van der Waals surface area contributed by atoms with Gasteiger partial charge >= 0.3 is 0 Å². The van der Waals surface area contributed by atoms with Crippen LogP contribution < -0.4 is 0 Å². The molecule has 0 saturated carbocycles.